The van der Waals surface area contributed by atoms with Gasteiger partial charge in [0, 0.05) is 24.3 Å². The standard InChI is InChI=1S/C24H26N2O4S/c27-23-17-11-18-14-26(22(23)20(18)13-17)31(29,30)19-8-3-6-16(12-19)24(28)25-10-4-7-15-5-1-2-9-21(15)25/h1-3,5-6,8-9,12,17-18,20,22-23,27H,4,7,10-11,13-14H2/t17-,18-,20+,22+,23-/m0/s1. The van der Waals surface area contributed by atoms with Crippen molar-refractivity contribution >= 4 is 21.6 Å². The Hall–Kier alpha value is -2.22. The molecule has 1 amide bonds. The van der Waals surface area contributed by atoms with Gasteiger partial charge in [-0.25, -0.2) is 8.42 Å². The van der Waals surface area contributed by atoms with E-state index < -0.39 is 16.1 Å². The first kappa shape index (κ1) is 19.5. The van der Waals surface area contributed by atoms with Crippen LogP contribution in [0.3, 0.4) is 0 Å². The minimum absolute atomic E-state index is 0.139. The van der Waals surface area contributed by atoms with E-state index in [1.165, 1.54) is 10.4 Å². The Labute approximate surface area is 182 Å². The Morgan fingerprint density at radius 2 is 1.87 bits per heavy atom. The maximum Gasteiger partial charge on any atom is 0.258 e. The molecule has 1 N–H and O–H groups in total. The fourth-order valence-corrected chi connectivity index (χ4v) is 8.25. The van der Waals surface area contributed by atoms with Crippen LogP contribution in [-0.4, -0.2) is 49.0 Å². The normalized spacial score (nSPS) is 31.8. The smallest absolute Gasteiger partial charge is 0.258 e. The average molecular weight is 439 g/mol. The van der Waals surface area contributed by atoms with E-state index in [0.717, 1.165) is 36.9 Å². The van der Waals surface area contributed by atoms with Crippen LogP contribution < -0.4 is 4.90 Å². The molecule has 2 heterocycles. The number of anilines is 1. The summed E-state index contributed by atoms with van der Waals surface area (Å²) in [5.74, 6) is 0.672. The molecule has 4 aliphatic rings. The number of nitrogens with zero attached hydrogens (tertiary/aromatic N) is 2. The number of carbonyl (C=O) groups excluding carboxylic acids is 1. The van der Waals surface area contributed by atoms with Gasteiger partial charge in [-0.05, 0) is 73.3 Å². The predicted octanol–water partition coefficient (Wildman–Crippen LogP) is 2.67. The van der Waals surface area contributed by atoms with Gasteiger partial charge in [-0.2, -0.15) is 4.31 Å². The summed E-state index contributed by atoms with van der Waals surface area (Å²) in [5.41, 5.74) is 2.43. The third kappa shape index (κ3) is 2.83. The summed E-state index contributed by atoms with van der Waals surface area (Å²) < 4.78 is 28.6. The lowest BCUT2D eigenvalue weighted by atomic mass is 9.88. The number of hydrogen-bond acceptors (Lipinski definition) is 4. The van der Waals surface area contributed by atoms with E-state index in [4.69, 9.17) is 0 Å². The lowest BCUT2D eigenvalue weighted by Gasteiger charge is -2.30. The highest BCUT2D eigenvalue weighted by molar-refractivity contribution is 7.89. The van der Waals surface area contributed by atoms with Crippen molar-refractivity contribution in [3.8, 4) is 0 Å². The Balaban J connectivity index is 1.32. The molecule has 0 spiro atoms. The summed E-state index contributed by atoms with van der Waals surface area (Å²) in [5, 5.41) is 10.6. The Kier molecular flexibility index (Phi) is 4.32. The van der Waals surface area contributed by atoms with Crippen molar-refractivity contribution in [1.29, 1.82) is 0 Å². The van der Waals surface area contributed by atoms with E-state index in [9.17, 15) is 18.3 Å². The molecule has 31 heavy (non-hydrogen) atoms. The van der Waals surface area contributed by atoms with Crippen molar-refractivity contribution in [3.05, 3.63) is 59.7 Å². The monoisotopic (exact) mass is 438 g/mol. The summed E-state index contributed by atoms with van der Waals surface area (Å²) in [6, 6.07) is 14.0. The van der Waals surface area contributed by atoms with E-state index in [0.29, 0.717) is 24.6 Å². The maximum absolute atomic E-state index is 13.5. The van der Waals surface area contributed by atoms with Gasteiger partial charge in [-0.1, -0.05) is 24.3 Å². The van der Waals surface area contributed by atoms with Gasteiger partial charge in [-0.15, -0.1) is 0 Å². The molecule has 7 heteroatoms. The number of fused-ring (bicyclic) bond motifs is 2. The van der Waals surface area contributed by atoms with Crippen molar-refractivity contribution in [2.24, 2.45) is 17.8 Å². The zero-order valence-electron chi connectivity index (χ0n) is 17.2. The molecule has 2 bridgehead atoms. The fourth-order valence-electron chi connectivity index (χ4n) is 6.46. The van der Waals surface area contributed by atoms with Crippen LogP contribution in [0.5, 0.6) is 0 Å². The van der Waals surface area contributed by atoms with Gasteiger partial charge in [0.05, 0.1) is 17.0 Å². The van der Waals surface area contributed by atoms with Crippen molar-refractivity contribution < 1.29 is 18.3 Å². The minimum atomic E-state index is -3.78. The molecule has 6 nitrogen and oxygen atoms in total. The number of hydrogen-bond donors (Lipinski definition) is 1. The van der Waals surface area contributed by atoms with E-state index in [-0.39, 0.29) is 28.7 Å². The topological polar surface area (TPSA) is 77.9 Å². The van der Waals surface area contributed by atoms with Crippen LogP contribution in [0.4, 0.5) is 5.69 Å². The first-order chi connectivity index (χ1) is 14.9. The number of aryl methyl sites for hydroxylation is 1. The second-order valence-electron chi connectivity index (χ2n) is 9.43. The second kappa shape index (κ2) is 6.89. The largest absolute Gasteiger partial charge is 0.391 e. The van der Waals surface area contributed by atoms with E-state index >= 15 is 0 Å². The molecule has 162 valence electrons. The highest BCUT2D eigenvalue weighted by Crippen LogP contribution is 2.56. The second-order valence-corrected chi connectivity index (χ2v) is 11.3. The number of aliphatic hydroxyl groups is 1. The molecule has 5 atom stereocenters. The molecule has 2 aromatic carbocycles. The Morgan fingerprint density at radius 1 is 1.03 bits per heavy atom. The predicted molar refractivity (Wildman–Crippen MR) is 116 cm³/mol. The molecule has 2 aliphatic heterocycles. The molecule has 0 unspecified atom stereocenters. The van der Waals surface area contributed by atoms with Gasteiger partial charge in [0.2, 0.25) is 10.0 Å². The third-order valence-electron chi connectivity index (χ3n) is 7.85. The van der Waals surface area contributed by atoms with E-state index in [2.05, 4.69) is 0 Å². The summed E-state index contributed by atoms with van der Waals surface area (Å²) in [7, 11) is -3.78. The van der Waals surface area contributed by atoms with Crippen LogP contribution in [0.1, 0.15) is 35.2 Å². The number of aliphatic hydroxyl groups excluding tert-OH is 1. The molecule has 0 radical (unpaired) electrons. The zero-order valence-corrected chi connectivity index (χ0v) is 18.0. The van der Waals surface area contributed by atoms with Gasteiger partial charge in [-0.3, -0.25) is 4.79 Å². The van der Waals surface area contributed by atoms with E-state index in [1.807, 2.05) is 24.3 Å². The Morgan fingerprint density at radius 3 is 2.71 bits per heavy atom. The molecule has 6 rings (SSSR count). The summed E-state index contributed by atoms with van der Waals surface area (Å²) >= 11 is 0. The fraction of sp³-hybridized carbons (Fsp3) is 0.458. The van der Waals surface area contributed by atoms with Gasteiger partial charge in [0.1, 0.15) is 0 Å². The van der Waals surface area contributed by atoms with Crippen LogP contribution in [0.2, 0.25) is 0 Å². The molecular weight excluding hydrogens is 412 g/mol. The molecule has 1 saturated heterocycles. The summed E-state index contributed by atoms with van der Waals surface area (Å²) in [6.45, 7) is 1.10. The lowest BCUT2D eigenvalue weighted by Crippen LogP contribution is -2.43. The number of rotatable bonds is 3. The molecule has 0 aromatic heterocycles. The lowest BCUT2D eigenvalue weighted by molar-refractivity contribution is 0.0731. The Bertz CT molecular complexity index is 1160. The molecule has 2 aromatic rings. The SMILES string of the molecule is O=C(c1cccc(S(=O)(=O)N2C[C@@H]3C[C@H]4C[C@H]3[C@@H]2[C@H]4O)c1)N1CCCc2ccccc21. The number of sulfonamides is 1. The highest BCUT2D eigenvalue weighted by Gasteiger charge is 2.61. The highest BCUT2D eigenvalue weighted by atomic mass is 32.2. The first-order valence-corrected chi connectivity index (χ1v) is 12.6. The van der Waals surface area contributed by atoms with Crippen LogP contribution in [-0.2, 0) is 16.4 Å². The molecule has 3 fully saturated rings. The van der Waals surface area contributed by atoms with Gasteiger partial charge >= 0.3 is 0 Å². The number of carbonyl (C=O) groups is 1. The molecule has 2 saturated carbocycles. The van der Waals surface area contributed by atoms with Crippen LogP contribution in [0.25, 0.3) is 0 Å². The number of benzene rings is 2. The van der Waals surface area contributed by atoms with Crippen LogP contribution >= 0.6 is 0 Å². The molecular formula is C24H26N2O4S. The summed E-state index contributed by atoms with van der Waals surface area (Å²) in [6.07, 6.45) is 3.10. The first-order valence-electron chi connectivity index (χ1n) is 11.1. The molecule has 2 aliphatic carbocycles. The number of amides is 1. The van der Waals surface area contributed by atoms with Crippen molar-refractivity contribution in [3.63, 3.8) is 0 Å². The number of para-hydroxylation sites is 1. The minimum Gasteiger partial charge on any atom is -0.391 e. The van der Waals surface area contributed by atoms with Crippen molar-refractivity contribution in [1.82, 2.24) is 4.31 Å². The van der Waals surface area contributed by atoms with E-state index in [1.54, 1.807) is 23.1 Å². The maximum atomic E-state index is 13.5. The average Bonchev–Trinajstić information content (AvgIpc) is 3.42. The van der Waals surface area contributed by atoms with Crippen LogP contribution in [0, 0.1) is 17.8 Å². The third-order valence-corrected chi connectivity index (χ3v) is 9.71. The van der Waals surface area contributed by atoms with Gasteiger partial charge in [0.25, 0.3) is 5.91 Å². The van der Waals surface area contributed by atoms with Gasteiger partial charge < -0.3 is 10.0 Å². The van der Waals surface area contributed by atoms with Crippen LogP contribution in [0.15, 0.2) is 53.4 Å². The van der Waals surface area contributed by atoms with Crippen molar-refractivity contribution in [2.45, 2.75) is 42.7 Å². The van der Waals surface area contributed by atoms with Crippen molar-refractivity contribution in [2.75, 3.05) is 18.0 Å². The quantitative estimate of drug-likeness (QED) is 0.799. The zero-order chi connectivity index (χ0) is 21.3. The summed E-state index contributed by atoms with van der Waals surface area (Å²) in [4.78, 5) is 15.2. The van der Waals surface area contributed by atoms with Gasteiger partial charge in [0.15, 0.2) is 0 Å².